The summed E-state index contributed by atoms with van der Waals surface area (Å²) in [5.41, 5.74) is 2.53. The SMILES string of the molecule is O=C(Nc1ccccc1)[C@H]1[C@@H]2C(=O)N(c3ccc(Cl)cc3Cl)C(=O)[C@@H]2[C@@H]2c3ccccc3C=NN12. The standard InChI is InChI=1S/C26H18Cl2N4O3/c27-15-10-11-19(18(28)12-15)31-25(34)20-21(26(31)35)23(24(33)30-16-7-2-1-3-8-16)32-22(20)17-9-5-4-6-14(17)13-29-32/h1-13,20-23H,(H,30,33)/t20-,21+,22-,23+/m0/s1. The number of amides is 3. The van der Waals surface area contributed by atoms with Gasteiger partial charge in [0, 0.05) is 10.7 Å². The first-order chi connectivity index (χ1) is 17.0. The predicted octanol–water partition coefficient (Wildman–Crippen LogP) is 4.51. The van der Waals surface area contributed by atoms with Gasteiger partial charge in [-0.3, -0.25) is 19.4 Å². The number of imide groups is 1. The molecule has 0 aromatic heterocycles. The molecular formula is C26H18Cl2N4O3. The first-order valence-electron chi connectivity index (χ1n) is 11.1. The third kappa shape index (κ3) is 3.34. The molecule has 0 bridgehead atoms. The zero-order chi connectivity index (χ0) is 24.3. The minimum absolute atomic E-state index is 0.184. The number of rotatable bonds is 3. The molecule has 0 radical (unpaired) electrons. The number of carbonyl (C=O) groups excluding carboxylic acids is 3. The van der Waals surface area contributed by atoms with Crippen molar-refractivity contribution in [2.75, 3.05) is 10.2 Å². The van der Waals surface area contributed by atoms with Gasteiger partial charge >= 0.3 is 0 Å². The van der Waals surface area contributed by atoms with Crippen LogP contribution in [0.3, 0.4) is 0 Å². The lowest BCUT2D eigenvalue weighted by Gasteiger charge is -2.33. The molecule has 3 aromatic rings. The van der Waals surface area contributed by atoms with Crippen molar-refractivity contribution in [3.05, 3.63) is 94.0 Å². The van der Waals surface area contributed by atoms with E-state index in [1.807, 2.05) is 30.3 Å². The Kier molecular flexibility index (Phi) is 5.12. The molecule has 0 aliphatic carbocycles. The van der Waals surface area contributed by atoms with Crippen LogP contribution in [0.4, 0.5) is 11.4 Å². The molecule has 2 fully saturated rings. The van der Waals surface area contributed by atoms with E-state index in [1.54, 1.807) is 47.6 Å². The van der Waals surface area contributed by atoms with Crippen LogP contribution in [0.5, 0.6) is 0 Å². The van der Waals surface area contributed by atoms with Crippen LogP contribution in [0.2, 0.25) is 10.0 Å². The Balaban J connectivity index is 1.46. The summed E-state index contributed by atoms with van der Waals surface area (Å²) in [6.45, 7) is 0. The molecule has 6 rings (SSSR count). The van der Waals surface area contributed by atoms with Gasteiger partial charge in [-0.2, -0.15) is 5.10 Å². The Bertz CT molecular complexity index is 1410. The molecule has 3 aliphatic rings. The van der Waals surface area contributed by atoms with Crippen LogP contribution >= 0.6 is 23.2 Å². The van der Waals surface area contributed by atoms with E-state index in [0.717, 1.165) is 16.0 Å². The van der Waals surface area contributed by atoms with Gasteiger partial charge in [-0.15, -0.1) is 0 Å². The fraction of sp³-hybridized carbons (Fsp3) is 0.154. The van der Waals surface area contributed by atoms with Gasteiger partial charge in [-0.05, 0) is 41.5 Å². The van der Waals surface area contributed by atoms with Crippen LogP contribution < -0.4 is 10.2 Å². The monoisotopic (exact) mass is 504 g/mol. The van der Waals surface area contributed by atoms with Gasteiger partial charge in [-0.1, -0.05) is 65.7 Å². The van der Waals surface area contributed by atoms with Gasteiger partial charge in [0.05, 0.1) is 34.8 Å². The van der Waals surface area contributed by atoms with Crippen molar-refractivity contribution >= 4 is 58.5 Å². The number of hydrogen-bond acceptors (Lipinski definition) is 5. The van der Waals surface area contributed by atoms with E-state index in [1.165, 1.54) is 6.07 Å². The Morgan fingerprint density at radius 1 is 0.886 bits per heavy atom. The number of anilines is 2. The van der Waals surface area contributed by atoms with Crippen LogP contribution in [0, 0.1) is 11.8 Å². The van der Waals surface area contributed by atoms with Crippen LogP contribution in [0.25, 0.3) is 0 Å². The summed E-state index contributed by atoms with van der Waals surface area (Å²) < 4.78 is 0. The lowest BCUT2D eigenvalue weighted by Crippen LogP contribution is -2.46. The van der Waals surface area contributed by atoms with Crippen molar-refractivity contribution in [1.82, 2.24) is 5.01 Å². The molecule has 3 aliphatic heterocycles. The zero-order valence-corrected chi connectivity index (χ0v) is 19.6. The van der Waals surface area contributed by atoms with Gasteiger partial charge in [-0.25, -0.2) is 4.90 Å². The molecule has 9 heteroatoms. The molecule has 174 valence electrons. The van der Waals surface area contributed by atoms with Crippen LogP contribution in [-0.4, -0.2) is 35.0 Å². The maximum Gasteiger partial charge on any atom is 0.249 e. The lowest BCUT2D eigenvalue weighted by molar-refractivity contribution is -0.129. The van der Waals surface area contributed by atoms with Crippen molar-refractivity contribution in [3.63, 3.8) is 0 Å². The number of hydrogen-bond donors (Lipinski definition) is 1. The molecule has 0 spiro atoms. The van der Waals surface area contributed by atoms with Gasteiger partial charge < -0.3 is 5.32 Å². The summed E-state index contributed by atoms with van der Waals surface area (Å²) in [5, 5.41) is 9.59. The average Bonchev–Trinajstić information content (AvgIpc) is 3.33. The summed E-state index contributed by atoms with van der Waals surface area (Å²) in [4.78, 5) is 42.3. The third-order valence-corrected chi connectivity index (χ3v) is 7.29. The fourth-order valence-electron chi connectivity index (χ4n) is 5.31. The molecule has 4 atom stereocenters. The highest BCUT2D eigenvalue weighted by molar-refractivity contribution is 6.38. The largest absolute Gasteiger partial charge is 0.324 e. The summed E-state index contributed by atoms with van der Waals surface area (Å²) in [6.07, 6.45) is 1.67. The van der Waals surface area contributed by atoms with Crippen LogP contribution in [0.1, 0.15) is 17.2 Å². The van der Waals surface area contributed by atoms with E-state index in [2.05, 4.69) is 10.4 Å². The number of para-hydroxylation sites is 1. The highest BCUT2D eigenvalue weighted by atomic mass is 35.5. The molecular weight excluding hydrogens is 487 g/mol. The van der Waals surface area contributed by atoms with Crippen molar-refractivity contribution in [3.8, 4) is 0 Å². The molecule has 35 heavy (non-hydrogen) atoms. The molecule has 3 heterocycles. The summed E-state index contributed by atoms with van der Waals surface area (Å²) >= 11 is 12.4. The second kappa shape index (κ2) is 8.22. The topological polar surface area (TPSA) is 82.1 Å². The van der Waals surface area contributed by atoms with E-state index in [4.69, 9.17) is 23.2 Å². The highest BCUT2D eigenvalue weighted by Crippen LogP contribution is 2.53. The van der Waals surface area contributed by atoms with Crippen LogP contribution in [0.15, 0.2) is 77.9 Å². The van der Waals surface area contributed by atoms with Crippen molar-refractivity contribution in [2.24, 2.45) is 16.9 Å². The lowest BCUT2D eigenvalue weighted by atomic mass is 9.85. The normalized spacial score (nSPS) is 24.3. The molecule has 7 nitrogen and oxygen atoms in total. The van der Waals surface area contributed by atoms with Crippen molar-refractivity contribution < 1.29 is 14.4 Å². The first-order valence-corrected chi connectivity index (χ1v) is 11.8. The Morgan fingerprint density at radius 3 is 2.37 bits per heavy atom. The van der Waals surface area contributed by atoms with E-state index >= 15 is 0 Å². The Hall–Kier alpha value is -3.68. The summed E-state index contributed by atoms with van der Waals surface area (Å²) in [5.74, 6) is -3.05. The Labute approximate surface area is 210 Å². The molecule has 0 saturated carbocycles. The second-order valence-corrected chi connectivity index (χ2v) is 9.50. The number of fused-ring (bicyclic) bond motifs is 5. The second-order valence-electron chi connectivity index (χ2n) is 8.66. The van der Waals surface area contributed by atoms with E-state index in [9.17, 15) is 14.4 Å². The molecule has 2 saturated heterocycles. The number of nitrogens with one attached hydrogen (secondary N) is 1. The quantitative estimate of drug-likeness (QED) is 0.532. The van der Waals surface area contributed by atoms with Gasteiger partial charge in [0.2, 0.25) is 17.7 Å². The fourth-order valence-corrected chi connectivity index (χ4v) is 5.80. The predicted molar refractivity (Wildman–Crippen MR) is 133 cm³/mol. The molecule has 1 N–H and O–H groups in total. The van der Waals surface area contributed by atoms with E-state index in [-0.39, 0.29) is 10.7 Å². The maximum absolute atomic E-state index is 13.8. The third-order valence-electron chi connectivity index (χ3n) is 6.75. The molecule has 3 amide bonds. The van der Waals surface area contributed by atoms with E-state index < -0.39 is 41.6 Å². The number of carbonyl (C=O) groups is 3. The maximum atomic E-state index is 13.8. The molecule has 0 unspecified atom stereocenters. The van der Waals surface area contributed by atoms with Gasteiger partial charge in [0.1, 0.15) is 6.04 Å². The number of benzene rings is 3. The average molecular weight is 505 g/mol. The summed E-state index contributed by atoms with van der Waals surface area (Å²) in [6, 6.07) is 19.6. The minimum atomic E-state index is -0.984. The summed E-state index contributed by atoms with van der Waals surface area (Å²) in [7, 11) is 0. The van der Waals surface area contributed by atoms with Crippen molar-refractivity contribution in [1.29, 1.82) is 0 Å². The minimum Gasteiger partial charge on any atom is -0.324 e. The number of halogens is 2. The zero-order valence-electron chi connectivity index (χ0n) is 18.1. The highest BCUT2D eigenvalue weighted by Gasteiger charge is 2.65. The van der Waals surface area contributed by atoms with E-state index in [0.29, 0.717) is 10.7 Å². The number of nitrogens with zero attached hydrogens (tertiary/aromatic N) is 3. The molecule has 3 aromatic carbocycles. The van der Waals surface area contributed by atoms with Crippen LogP contribution in [-0.2, 0) is 14.4 Å². The van der Waals surface area contributed by atoms with Gasteiger partial charge in [0.25, 0.3) is 0 Å². The van der Waals surface area contributed by atoms with Gasteiger partial charge in [0.15, 0.2) is 0 Å². The smallest absolute Gasteiger partial charge is 0.249 e. The first kappa shape index (κ1) is 21.8. The Morgan fingerprint density at radius 2 is 1.60 bits per heavy atom. The number of hydrazone groups is 1. The van der Waals surface area contributed by atoms with Crippen molar-refractivity contribution in [2.45, 2.75) is 12.1 Å².